The van der Waals surface area contributed by atoms with Gasteiger partial charge in [-0.25, -0.2) is 0 Å². The summed E-state index contributed by atoms with van der Waals surface area (Å²) in [4.78, 5) is 10.1. The van der Waals surface area contributed by atoms with Crippen LogP contribution in [0.3, 0.4) is 0 Å². The molecule has 1 rings (SSSR count). The molecule has 0 unspecified atom stereocenters. The minimum atomic E-state index is -0.552. The van der Waals surface area contributed by atoms with Crippen LogP contribution in [0.4, 0.5) is 5.69 Å². The Morgan fingerprint density at radius 1 is 1.64 bits per heavy atom. The molecule has 0 fully saturated rings. The lowest BCUT2D eigenvalue weighted by Gasteiger charge is -2.01. The zero-order valence-corrected chi connectivity index (χ0v) is 9.17. The molecule has 0 atom stereocenters. The van der Waals surface area contributed by atoms with Crippen molar-refractivity contribution in [1.82, 2.24) is 0 Å². The fourth-order valence-corrected chi connectivity index (χ4v) is 2.01. The average molecular weight is 275 g/mol. The van der Waals surface area contributed by atoms with Gasteiger partial charge in [0, 0.05) is 11.4 Å². The molecule has 1 aromatic rings. The van der Waals surface area contributed by atoms with Gasteiger partial charge < -0.3 is 0 Å². The van der Waals surface area contributed by atoms with E-state index in [1.165, 1.54) is 12.1 Å². The third-order valence-electron chi connectivity index (χ3n) is 1.63. The maximum absolute atomic E-state index is 10.6. The third-order valence-corrected chi connectivity index (χ3v) is 2.53. The minimum Gasteiger partial charge on any atom is -0.258 e. The molecule has 0 amide bonds. The first-order valence-electron chi connectivity index (χ1n) is 3.53. The van der Waals surface area contributed by atoms with Gasteiger partial charge in [-0.05, 0) is 6.07 Å². The van der Waals surface area contributed by atoms with Crippen molar-refractivity contribution in [3.8, 4) is 6.07 Å². The quantitative estimate of drug-likeness (QED) is 0.473. The van der Waals surface area contributed by atoms with Gasteiger partial charge in [0.05, 0.1) is 27.1 Å². The van der Waals surface area contributed by atoms with E-state index >= 15 is 0 Å². The summed E-state index contributed by atoms with van der Waals surface area (Å²) in [6.07, 6.45) is 0. The molecule has 0 radical (unpaired) electrons. The van der Waals surface area contributed by atoms with Gasteiger partial charge >= 0.3 is 0 Å². The Morgan fingerprint density at radius 2 is 2.29 bits per heavy atom. The highest BCUT2D eigenvalue weighted by Crippen LogP contribution is 2.29. The van der Waals surface area contributed by atoms with Crippen molar-refractivity contribution < 1.29 is 4.92 Å². The number of alkyl halides is 1. The number of nitriles is 1. The lowest BCUT2D eigenvalue weighted by Crippen LogP contribution is -1.95. The molecule has 0 aliphatic carbocycles. The molecule has 0 saturated carbocycles. The Hall–Kier alpha value is -1.12. The molecule has 0 heterocycles. The number of rotatable bonds is 2. The smallest absolute Gasteiger partial charge is 0.258 e. The van der Waals surface area contributed by atoms with E-state index in [-0.39, 0.29) is 21.6 Å². The number of nitrogens with zero attached hydrogens (tertiary/aromatic N) is 2. The number of halogens is 2. The number of nitro groups is 1. The van der Waals surface area contributed by atoms with Gasteiger partial charge in [0.2, 0.25) is 0 Å². The zero-order chi connectivity index (χ0) is 10.7. The van der Waals surface area contributed by atoms with Crippen LogP contribution in [-0.4, -0.2) is 4.92 Å². The molecule has 72 valence electrons. The predicted molar refractivity (Wildman–Crippen MR) is 55.5 cm³/mol. The van der Waals surface area contributed by atoms with Crippen molar-refractivity contribution in [1.29, 1.82) is 5.26 Å². The Bertz CT molecular complexity index is 428. The highest BCUT2D eigenvalue weighted by atomic mass is 79.9. The van der Waals surface area contributed by atoms with Gasteiger partial charge in [-0.2, -0.15) is 5.26 Å². The molecule has 0 aliphatic rings. The van der Waals surface area contributed by atoms with Crippen molar-refractivity contribution in [3.05, 3.63) is 38.4 Å². The van der Waals surface area contributed by atoms with E-state index in [1.807, 2.05) is 6.07 Å². The maximum atomic E-state index is 10.6. The lowest BCUT2D eigenvalue weighted by molar-refractivity contribution is -0.385. The molecular weight excluding hydrogens is 271 g/mol. The number of hydrogen-bond donors (Lipinski definition) is 0. The highest BCUT2D eigenvalue weighted by Gasteiger charge is 2.17. The van der Waals surface area contributed by atoms with E-state index in [1.54, 1.807) is 0 Å². The normalized spacial score (nSPS) is 9.50. The molecule has 4 nitrogen and oxygen atoms in total. The van der Waals surface area contributed by atoms with Crippen LogP contribution in [0.15, 0.2) is 12.1 Å². The van der Waals surface area contributed by atoms with E-state index in [9.17, 15) is 10.1 Å². The number of hydrogen-bond acceptors (Lipinski definition) is 3. The molecule has 6 heteroatoms. The number of benzene rings is 1. The molecule has 0 bridgehead atoms. The van der Waals surface area contributed by atoms with E-state index in [4.69, 9.17) is 16.9 Å². The predicted octanol–water partition coefficient (Wildman–Crippen LogP) is 3.01. The van der Waals surface area contributed by atoms with Gasteiger partial charge in [-0.1, -0.05) is 27.5 Å². The summed E-state index contributed by atoms with van der Waals surface area (Å²) >= 11 is 8.87. The summed E-state index contributed by atoms with van der Waals surface area (Å²) in [5.41, 5.74) is 0.438. The first kappa shape index (κ1) is 11.0. The van der Waals surface area contributed by atoms with E-state index < -0.39 is 4.92 Å². The summed E-state index contributed by atoms with van der Waals surface area (Å²) in [6, 6.07) is 4.43. The summed E-state index contributed by atoms with van der Waals surface area (Å²) in [5, 5.41) is 19.7. The van der Waals surface area contributed by atoms with Crippen molar-refractivity contribution in [2.24, 2.45) is 0 Å². The van der Waals surface area contributed by atoms with Gasteiger partial charge in [0.1, 0.15) is 0 Å². The van der Waals surface area contributed by atoms with Crippen molar-refractivity contribution in [2.75, 3.05) is 0 Å². The van der Waals surface area contributed by atoms with E-state index in [0.29, 0.717) is 5.56 Å². The Balaban J connectivity index is 3.45. The molecule has 0 aliphatic heterocycles. The van der Waals surface area contributed by atoms with Crippen LogP contribution in [0, 0.1) is 21.4 Å². The monoisotopic (exact) mass is 274 g/mol. The van der Waals surface area contributed by atoms with Crippen LogP contribution < -0.4 is 0 Å². The van der Waals surface area contributed by atoms with Crippen LogP contribution in [-0.2, 0) is 5.33 Å². The largest absolute Gasteiger partial charge is 0.276 e. The Kier molecular flexibility index (Phi) is 3.44. The first-order valence-corrected chi connectivity index (χ1v) is 5.03. The SMILES string of the molecule is N#Cc1cc(Cl)c(CBr)c([N+](=O)[O-])c1. The summed E-state index contributed by atoms with van der Waals surface area (Å²) in [6.45, 7) is 0. The molecule has 0 aromatic heterocycles. The van der Waals surface area contributed by atoms with Gasteiger partial charge in [-0.3, -0.25) is 10.1 Å². The molecule has 1 aromatic carbocycles. The molecule has 0 N–H and O–H groups in total. The topological polar surface area (TPSA) is 66.9 Å². The average Bonchev–Trinajstić information content (AvgIpc) is 2.16. The summed E-state index contributed by atoms with van der Waals surface area (Å²) < 4.78 is 0. The van der Waals surface area contributed by atoms with Gasteiger partial charge in [0.25, 0.3) is 5.69 Å². The molecular formula is C8H4BrClN2O2. The van der Waals surface area contributed by atoms with Crippen molar-refractivity contribution in [3.63, 3.8) is 0 Å². The third kappa shape index (κ3) is 2.03. The minimum absolute atomic E-state index is 0.133. The second kappa shape index (κ2) is 4.40. The molecule has 14 heavy (non-hydrogen) atoms. The van der Waals surface area contributed by atoms with Crippen LogP contribution in [0.5, 0.6) is 0 Å². The second-order valence-corrected chi connectivity index (χ2v) is 3.43. The van der Waals surface area contributed by atoms with Crippen LogP contribution in [0.1, 0.15) is 11.1 Å². The van der Waals surface area contributed by atoms with E-state index in [2.05, 4.69) is 15.9 Å². The Morgan fingerprint density at radius 3 is 2.71 bits per heavy atom. The van der Waals surface area contributed by atoms with Crippen molar-refractivity contribution in [2.45, 2.75) is 5.33 Å². The zero-order valence-electron chi connectivity index (χ0n) is 6.83. The van der Waals surface area contributed by atoms with Gasteiger partial charge in [0.15, 0.2) is 0 Å². The Labute approximate surface area is 93.4 Å². The standard InChI is InChI=1S/C8H4BrClN2O2/c9-3-6-7(10)1-5(4-11)2-8(6)12(13)14/h1-2H,3H2. The van der Waals surface area contributed by atoms with Crippen LogP contribution in [0.25, 0.3) is 0 Å². The fraction of sp³-hybridized carbons (Fsp3) is 0.125. The maximum Gasteiger partial charge on any atom is 0.276 e. The van der Waals surface area contributed by atoms with Crippen LogP contribution >= 0.6 is 27.5 Å². The number of nitro benzene ring substituents is 1. The summed E-state index contributed by atoms with van der Waals surface area (Å²) in [7, 11) is 0. The molecule has 0 spiro atoms. The lowest BCUT2D eigenvalue weighted by atomic mass is 10.1. The first-order chi connectivity index (χ1) is 6.60. The summed E-state index contributed by atoms with van der Waals surface area (Å²) in [5.74, 6) is 0. The van der Waals surface area contributed by atoms with Crippen LogP contribution in [0.2, 0.25) is 5.02 Å². The molecule has 0 saturated heterocycles. The second-order valence-electron chi connectivity index (χ2n) is 2.46. The fourth-order valence-electron chi connectivity index (χ4n) is 0.982. The highest BCUT2D eigenvalue weighted by molar-refractivity contribution is 9.08. The van der Waals surface area contributed by atoms with E-state index in [0.717, 1.165) is 0 Å². The van der Waals surface area contributed by atoms with Gasteiger partial charge in [-0.15, -0.1) is 0 Å². The van der Waals surface area contributed by atoms with Crippen molar-refractivity contribution >= 4 is 33.2 Å².